The van der Waals surface area contributed by atoms with Gasteiger partial charge in [-0.1, -0.05) is 0 Å². The van der Waals surface area contributed by atoms with Gasteiger partial charge in [-0.2, -0.15) is 0 Å². The van der Waals surface area contributed by atoms with E-state index in [2.05, 4.69) is 17.6 Å². The number of benzene rings is 1. The Morgan fingerprint density at radius 1 is 1.48 bits per heavy atom. The minimum Gasteiger partial charge on any atom is -0.468 e. The minimum atomic E-state index is -0.236. The lowest BCUT2D eigenvalue weighted by atomic mass is 10.0. The summed E-state index contributed by atoms with van der Waals surface area (Å²) in [5, 5.41) is 6.60. The smallest absolute Gasteiger partial charge is 0.179 e. The quantitative estimate of drug-likeness (QED) is 0.829. The second-order valence-electron chi connectivity index (χ2n) is 5.67. The molecule has 1 aromatic heterocycles. The van der Waals surface area contributed by atoms with Gasteiger partial charge in [0.2, 0.25) is 0 Å². The van der Waals surface area contributed by atoms with E-state index in [0.29, 0.717) is 12.6 Å². The van der Waals surface area contributed by atoms with Gasteiger partial charge in [-0.3, -0.25) is 4.79 Å². The van der Waals surface area contributed by atoms with Crippen LogP contribution < -0.4 is 10.6 Å². The molecule has 1 aliphatic rings. The van der Waals surface area contributed by atoms with E-state index in [9.17, 15) is 4.79 Å². The molecule has 2 aromatic rings. The van der Waals surface area contributed by atoms with Gasteiger partial charge in [-0.25, -0.2) is 0 Å². The van der Waals surface area contributed by atoms with Gasteiger partial charge < -0.3 is 15.1 Å². The summed E-state index contributed by atoms with van der Waals surface area (Å²) in [6.45, 7) is 4.60. The molecular weight excluding hydrogens is 264 g/mol. The normalized spacial score (nSPS) is 18.1. The molecule has 3 rings (SSSR count). The van der Waals surface area contributed by atoms with Crippen molar-refractivity contribution in [3.05, 3.63) is 53.5 Å². The zero-order chi connectivity index (χ0) is 14.8. The Morgan fingerprint density at radius 3 is 3.10 bits per heavy atom. The number of rotatable bonds is 5. The highest BCUT2D eigenvalue weighted by molar-refractivity contribution is 6.00. The highest BCUT2D eigenvalue weighted by Gasteiger charge is 2.20. The topological polar surface area (TPSA) is 54.3 Å². The number of anilines is 1. The van der Waals surface area contributed by atoms with Crippen molar-refractivity contribution in [1.29, 1.82) is 0 Å². The third-order valence-electron chi connectivity index (χ3n) is 3.87. The Hall–Kier alpha value is -2.07. The van der Waals surface area contributed by atoms with Crippen molar-refractivity contribution in [1.82, 2.24) is 5.32 Å². The van der Waals surface area contributed by atoms with Gasteiger partial charge in [0.1, 0.15) is 5.76 Å². The molecule has 2 N–H and O–H groups in total. The third kappa shape index (κ3) is 3.00. The lowest BCUT2D eigenvalue weighted by molar-refractivity contribution is 0.0949. The van der Waals surface area contributed by atoms with Crippen LogP contribution in [0, 0.1) is 0 Å². The van der Waals surface area contributed by atoms with Crippen molar-refractivity contribution in [2.75, 3.05) is 5.32 Å². The number of furan rings is 1. The van der Waals surface area contributed by atoms with Gasteiger partial charge in [0, 0.05) is 17.3 Å². The monoisotopic (exact) mass is 284 g/mol. The number of hydrogen-bond acceptors (Lipinski definition) is 4. The largest absolute Gasteiger partial charge is 0.468 e. The lowest BCUT2D eigenvalue weighted by Gasteiger charge is -2.12. The molecule has 0 saturated carbocycles. The van der Waals surface area contributed by atoms with Crippen molar-refractivity contribution in [2.24, 2.45) is 0 Å². The lowest BCUT2D eigenvalue weighted by Crippen LogP contribution is -2.33. The fraction of sp³-hybridized carbons (Fsp3) is 0.353. The molecule has 1 aromatic carbocycles. The fourth-order valence-corrected chi connectivity index (χ4v) is 2.71. The molecule has 0 saturated heterocycles. The van der Waals surface area contributed by atoms with Crippen LogP contribution in [0.25, 0.3) is 0 Å². The first-order chi connectivity index (χ1) is 10.1. The Kier molecular flexibility index (Phi) is 3.80. The molecule has 2 unspecified atom stereocenters. The zero-order valence-corrected chi connectivity index (χ0v) is 12.3. The number of fused-ring (bicyclic) bond motifs is 1. The number of nitrogens with one attached hydrogen (secondary N) is 2. The van der Waals surface area contributed by atoms with Crippen molar-refractivity contribution < 1.29 is 9.21 Å². The molecule has 2 atom stereocenters. The Balaban J connectivity index is 1.66. The number of Topliss-reactive ketones (excluding diaryl/α,β-unsaturated/α-hetero) is 1. The second kappa shape index (κ2) is 5.74. The van der Waals surface area contributed by atoms with Crippen LogP contribution >= 0.6 is 0 Å². The van der Waals surface area contributed by atoms with Crippen molar-refractivity contribution in [3.8, 4) is 0 Å². The Morgan fingerprint density at radius 2 is 2.33 bits per heavy atom. The fourth-order valence-electron chi connectivity index (χ4n) is 2.71. The Bertz CT molecular complexity index is 634. The van der Waals surface area contributed by atoms with E-state index in [-0.39, 0.29) is 11.8 Å². The molecule has 21 heavy (non-hydrogen) atoms. The van der Waals surface area contributed by atoms with Crippen LogP contribution in [0.1, 0.15) is 35.5 Å². The molecule has 4 nitrogen and oxygen atoms in total. The first kappa shape index (κ1) is 13.9. The molecule has 0 spiro atoms. The van der Waals surface area contributed by atoms with Gasteiger partial charge >= 0.3 is 0 Å². The van der Waals surface area contributed by atoms with Gasteiger partial charge in [0.25, 0.3) is 0 Å². The van der Waals surface area contributed by atoms with Crippen LogP contribution in [-0.2, 0) is 13.0 Å². The van der Waals surface area contributed by atoms with Crippen LogP contribution in [-0.4, -0.2) is 17.9 Å². The maximum atomic E-state index is 12.5. The van der Waals surface area contributed by atoms with Crippen LogP contribution in [0.4, 0.5) is 5.69 Å². The number of ketones is 1. The average Bonchev–Trinajstić information content (AvgIpc) is 3.10. The van der Waals surface area contributed by atoms with Gasteiger partial charge in [0.15, 0.2) is 5.78 Å². The van der Waals surface area contributed by atoms with Crippen molar-refractivity contribution >= 4 is 11.5 Å². The van der Waals surface area contributed by atoms with E-state index in [1.165, 1.54) is 5.56 Å². The molecule has 0 aliphatic carbocycles. The van der Waals surface area contributed by atoms with E-state index in [1.807, 2.05) is 37.3 Å². The molecule has 110 valence electrons. The molecule has 1 aliphatic heterocycles. The van der Waals surface area contributed by atoms with E-state index in [4.69, 9.17) is 4.42 Å². The second-order valence-corrected chi connectivity index (χ2v) is 5.67. The highest BCUT2D eigenvalue weighted by Crippen LogP contribution is 2.26. The summed E-state index contributed by atoms with van der Waals surface area (Å²) in [7, 11) is 0. The summed E-state index contributed by atoms with van der Waals surface area (Å²) in [5.41, 5.74) is 3.14. The SMILES string of the molecule is CC1Cc2cc(C(=O)C(C)NCc3ccco3)ccc2N1. The van der Waals surface area contributed by atoms with E-state index < -0.39 is 0 Å². The predicted octanol–water partition coefficient (Wildman–Crippen LogP) is 3.00. The maximum absolute atomic E-state index is 12.5. The van der Waals surface area contributed by atoms with Crippen LogP contribution in [0.5, 0.6) is 0 Å². The molecule has 0 amide bonds. The zero-order valence-electron chi connectivity index (χ0n) is 12.3. The minimum absolute atomic E-state index is 0.115. The van der Waals surface area contributed by atoms with Gasteiger partial charge in [0.05, 0.1) is 18.8 Å². The first-order valence-corrected chi connectivity index (χ1v) is 7.33. The number of carbonyl (C=O) groups excluding carboxylic acids is 1. The summed E-state index contributed by atoms with van der Waals surface area (Å²) in [4.78, 5) is 12.5. The average molecular weight is 284 g/mol. The maximum Gasteiger partial charge on any atom is 0.179 e. The molecule has 0 bridgehead atoms. The Labute approximate surface area is 124 Å². The van der Waals surface area contributed by atoms with Gasteiger partial charge in [-0.05, 0) is 56.2 Å². The third-order valence-corrected chi connectivity index (χ3v) is 3.87. The van der Waals surface area contributed by atoms with E-state index >= 15 is 0 Å². The summed E-state index contributed by atoms with van der Waals surface area (Å²) >= 11 is 0. The van der Waals surface area contributed by atoms with Gasteiger partial charge in [-0.15, -0.1) is 0 Å². The molecular formula is C17H20N2O2. The van der Waals surface area contributed by atoms with Crippen molar-refractivity contribution in [2.45, 2.75) is 38.9 Å². The van der Waals surface area contributed by atoms with Crippen LogP contribution in [0.3, 0.4) is 0 Å². The van der Waals surface area contributed by atoms with Crippen LogP contribution in [0.15, 0.2) is 41.0 Å². The van der Waals surface area contributed by atoms with Crippen LogP contribution in [0.2, 0.25) is 0 Å². The molecule has 4 heteroatoms. The standard InChI is InChI=1S/C17H20N2O2/c1-11-8-14-9-13(5-6-16(14)19-11)17(20)12(2)18-10-15-4-3-7-21-15/h3-7,9,11-12,18-19H,8,10H2,1-2H3. The summed E-state index contributed by atoms with van der Waals surface area (Å²) < 4.78 is 5.26. The predicted molar refractivity (Wildman–Crippen MR) is 82.6 cm³/mol. The first-order valence-electron chi connectivity index (χ1n) is 7.33. The number of hydrogen-bond donors (Lipinski definition) is 2. The summed E-state index contributed by atoms with van der Waals surface area (Å²) in [6.07, 6.45) is 2.61. The summed E-state index contributed by atoms with van der Waals surface area (Å²) in [5.74, 6) is 0.950. The molecule has 0 radical (unpaired) electrons. The molecule has 0 fully saturated rings. The number of carbonyl (C=O) groups is 1. The molecule has 2 heterocycles. The highest BCUT2D eigenvalue weighted by atomic mass is 16.3. The van der Waals surface area contributed by atoms with E-state index in [1.54, 1.807) is 6.26 Å². The van der Waals surface area contributed by atoms with E-state index in [0.717, 1.165) is 23.4 Å². The summed E-state index contributed by atoms with van der Waals surface area (Å²) in [6, 6.07) is 9.87. The van der Waals surface area contributed by atoms with Crippen molar-refractivity contribution in [3.63, 3.8) is 0 Å².